The van der Waals surface area contributed by atoms with Gasteiger partial charge in [-0.15, -0.1) is 0 Å². The third-order valence-corrected chi connectivity index (χ3v) is 4.11. The molecule has 0 amide bonds. The highest BCUT2D eigenvalue weighted by Crippen LogP contribution is 2.35. The maximum atomic E-state index is 11.8. The van der Waals surface area contributed by atoms with Crippen LogP contribution in [-0.2, 0) is 4.79 Å². The molecule has 0 spiro atoms. The monoisotopic (exact) mass is 321 g/mol. The molecule has 0 atom stereocenters. The third-order valence-electron chi connectivity index (χ3n) is 4.11. The Kier molecular flexibility index (Phi) is 6.08. The average molecular weight is 321 g/mol. The lowest BCUT2D eigenvalue weighted by molar-refractivity contribution is -0.115. The summed E-state index contributed by atoms with van der Waals surface area (Å²) in [5.74, 6) is 0.902. The van der Waals surface area contributed by atoms with Crippen molar-refractivity contribution in [1.29, 1.82) is 0 Å². The number of benzene rings is 2. The lowest BCUT2D eigenvalue weighted by atomic mass is 9.92. The minimum absolute atomic E-state index is 0.130. The number of carbonyl (C=O) groups excluding carboxylic acids is 1. The molecule has 126 valence electrons. The Bertz CT molecular complexity index is 701. The summed E-state index contributed by atoms with van der Waals surface area (Å²) >= 11 is 0. The van der Waals surface area contributed by atoms with Gasteiger partial charge in [0, 0.05) is 6.42 Å². The van der Waals surface area contributed by atoms with Crippen molar-refractivity contribution >= 4 is 17.2 Å². The summed E-state index contributed by atoms with van der Waals surface area (Å²) in [5.41, 5.74) is 5.36. The Hall–Kier alpha value is -2.22. The van der Waals surface area contributed by atoms with E-state index in [1.165, 1.54) is 11.1 Å². The molecule has 0 saturated carbocycles. The molecule has 0 saturated heterocycles. The van der Waals surface area contributed by atoms with E-state index in [0.29, 0.717) is 18.3 Å². The molecule has 24 heavy (non-hydrogen) atoms. The first-order valence-electron chi connectivity index (χ1n) is 8.65. The molecule has 2 rings (SSSR count). The summed E-state index contributed by atoms with van der Waals surface area (Å²) in [7, 11) is 0. The summed E-state index contributed by atoms with van der Waals surface area (Å²) in [6.45, 7) is 10.4. The quantitative estimate of drug-likeness (QED) is 0.597. The summed E-state index contributed by atoms with van der Waals surface area (Å²) in [4.78, 5) is 16.8. The van der Waals surface area contributed by atoms with Crippen molar-refractivity contribution in [2.24, 2.45) is 4.99 Å². The molecule has 0 bridgehead atoms. The zero-order valence-corrected chi connectivity index (χ0v) is 15.3. The predicted octanol–water partition coefficient (Wildman–Crippen LogP) is 6.03. The van der Waals surface area contributed by atoms with Crippen LogP contribution in [-0.4, -0.2) is 11.5 Å². The summed E-state index contributed by atoms with van der Waals surface area (Å²) in [6.07, 6.45) is 0.355. The summed E-state index contributed by atoms with van der Waals surface area (Å²) in [6, 6.07) is 16.4. The van der Waals surface area contributed by atoms with E-state index in [-0.39, 0.29) is 5.78 Å². The van der Waals surface area contributed by atoms with Crippen LogP contribution >= 0.6 is 0 Å². The maximum Gasteiger partial charge on any atom is 0.135 e. The molecule has 2 aromatic carbocycles. The number of Topliss-reactive ketones (excluding diaryl/α,β-unsaturated/α-hetero) is 1. The first-order chi connectivity index (χ1) is 11.4. The Morgan fingerprint density at radius 3 is 1.88 bits per heavy atom. The van der Waals surface area contributed by atoms with E-state index in [9.17, 15) is 4.79 Å². The van der Waals surface area contributed by atoms with Crippen molar-refractivity contribution in [2.75, 3.05) is 0 Å². The second-order valence-corrected chi connectivity index (χ2v) is 6.90. The fraction of sp³-hybridized carbons (Fsp3) is 0.364. The van der Waals surface area contributed by atoms with E-state index in [2.05, 4.69) is 45.9 Å². The topological polar surface area (TPSA) is 29.4 Å². The van der Waals surface area contributed by atoms with Gasteiger partial charge < -0.3 is 0 Å². The van der Waals surface area contributed by atoms with E-state index in [1.807, 2.05) is 30.3 Å². The molecule has 2 nitrogen and oxygen atoms in total. The van der Waals surface area contributed by atoms with E-state index in [0.717, 1.165) is 17.0 Å². The first-order valence-corrected chi connectivity index (χ1v) is 8.65. The minimum atomic E-state index is 0.130. The van der Waals surface area contributed by atoms with Gasteiger partial charge in [-0.2, -0.15) is 0 Å². The van der Waals surface area contributed by atoms with Crippen molar-refractivity contribution in [1.82, 2.24) is 0 Å². The third kappa shape index (κ3) is 4.41. The van der Waals surface area contributed by atoms with Gasteiger partial charge in [0.05, 0.1) is 11.4 Å². The van der Waals surface area contributed by atoms with E-state index in [4.69, 9.17) is 4.99 Å². The maximum absolute atomic E-state index is 11.8. The molecule has 2 heteroatoms. The zero-order chi connectivity index (χ0) is 17.7. The molecule has 0 aromatic heterocycles. The van der Waals surface area contributed by atoms with Crippen LogP contribution < -0.4 is 0 Å². The number of carbonyl (C=O) groups is 1. The van der Waals surface area contributed by atoms with Gasteiger partial charge in [0.1, 0.15) is 5.78 Å². The number of para-hydroxylation sites is 1. The van der Waals surface area contributed by atoms with Gasteiger partial charge in [0.25, 0.3) is 0 Å². The summed E-state index contributed by atoms with van der Waals surface area (Å²) in [5, 5.41) is 0. The Morgan fingerprint density at radius 2 is 1.42 bits per heavy atom. The fourth-order valence-corrected chi connectivity index (χ4v) is 2.85. The predicted molar refractivity (Wildman–Crippen MR) is 103 cm³/mol. The number of ketones is 1. The number of nitrogens with zero attached hydrogens (tertiary/aromatic N) is 1. The van der Waals surface area contributed by atoms with Gasteiger partial charge in [0.2, 0.25) is 0 Å². The van der Waals surface area contributed by atoms with Crippen LogP contribution in [0.15, 0.2) is 53.5 Å². The highest BCUT2D eigenvalue weighted by Gasteiger charge is 2.15. The summed E-state index contributed by atoms with van der Waals surface area (Å²) < 4.78 is 0. The molecule has 0 fully saturated rings. The standard InChI is InChI=1S/C22H27NO/c1-15(2)19-12-9-13-20(16(3)4)22(19)23-21(14-17(5)24)18-10-7-6-8-11-18/h6-13,15-16H,14H2,1-5H3/b23-21-. The Morgan fingerprint density at radius 1 is 0.875 bits per heavy atom. The van der Waals surface area contributed by atoms with Crippen LogP contribution in [0.3, 0.4) is 0 Å². The molecule has 0 aliphatic carbocycles. The van der Waals surface area contributed by atoms with Gasteiger partial charge in [-0.3, -0.25) is 9.79 Å². The molecule has 0 N–H and O–H groups in total. The van der Waals surface area contributed by atoms with Crippen LogP contribution in [0.25, 0.3) is 0 Å². The highest BCUT2D eigenvalue weighted by atomic mass is 16.1. The zero-order valence-electron chi connectivity index (χ0n) is 15.3. The molecule has 0 unspecified atom stereocenters. The number of hydrogen-bond acceptors (Lipinski definition) is 2. The Labute approximate surface area is 145 Å². The smallest absolute Gasteiger partial charge is 0.135 e. The first kappa shape index (κ1) is 18.1. The number of hydrogen-bond donors (Lipinski definition) is 0. The van der Waals surface area contributed by atoms with Crippen LogP contribution in [0, 0.1) is 0 Å². The van der Waals surface area contributed by atoms with Gasteiger partial charge in [-0.05, 0) is 35.4 Å². The van der Waals surface area contributed by atoms with Crippen LogP contribution in [0.1, 0.15) is 69.6 Å². The largest absolute Gasteiger partial charge is 0.300 e. The molecule has 0 aliphatic heterocycles. The lowest BCUT2D eigenvalue weighted by Crippen LogP contribution is -2.07. The van der Waals surface area contributed by atoms with Gasteiger partial charge in [-0.25, -0.2) is 0 Å². The van der Waals surface area contributed by atoms with Crippen LogP contribution in [0.2, 0.25) is 0 Å². The van der Waals surface area contributed by atoms with Gasteiger partial charge >= 0.3 is 0 Å². The van der Waals surface area contributed by atoms with Gasteiger partial charge in [0.15, 0.2) is 0 Å². The average Bonchev–Trinajstić information content (AvgIpc) is 2.54. The Balaban J connectivity index is 2.66. The van der Waals surface area contributed by atoms with Crippen molar-refractivity contribution in [3.05, 3.63) is 65.2 Å². The van der Waals surface area contributed by atoms with Gasteiger partial charge in [-0.1, -0.05) is 76.2 Å². The van der Waals surface area contributed by atoms with E-state index >= 15 is 0 Å². The van der Waals surface area contributed by atoms with Crippen molar-refractivity contribution in [3.8, 4) is 0 Å². The second kappa shape index (κ2) is 8.05. The molecular formula is C22H27NO. The number of rotatable bonds is 6. The normalized spacial score (nSPS) is 12.0. The molecule has 0 heterocycles. The SMILES string of the molecule is CC(=O)C/C(=N/c1c(C(C)C)cccc1C(C)C)c1ccccc1. The number of aliphatic imine (C=N–C) groups is 1. The lowest BCUT2D eigenvalue weighted by Gasteiger charge is -2.17. The van der Waals surface area contributed by atoms with Crippen molar-refractivity contribution in [3.63, 3.8) is 0 Å². The minimum Gasteiger partial charge on any atom is -0.300 e. The molecule has 0 radical (unpaired) electrons. The fourth-order valence-electron chi connectivity index (χ4n) is 2.85. The highest BCUT2D eigenvalue weighted by molar-refractivity contribution is 6.11. The molecular weight excluding hydrogens is 294 g/mol. The second-order valence-electron chi connectivity index (χ2n) is 6.90. The van der Waals surface area contributed by atoms with Crippen LogP contribution in [0.4, 0.5) is 5.69 Å². The van der Waals surface area contributed by atoms with Crippen molar-refractivity contribution < 1.29 is 4.79 Å². The van der Waals surface area contributed by atoms with Crippen molar-refractivity contribution in [2.45, 2.75) is 52.9 Å². The molecule has 0 aliphatic rings. The van der Waals surface area contributed by atoms with E-state index in [1.54, 1.807) is 6.92 Å². The van der Waals surface area contributed by atoms with Crippen LogP contribution in [0.5, 0.6) is 0 Å². The van der Waals surface area contributed by atoms with E-state index < -0.39 is 0 Å². The molecule has 2 aromatic rings.